The van der Waals surface area contributed by atoms with Crippen LogP contribution in [0.4, 0.5) is 0 Å². The van der Waals surface area contributed by atoms with Crippen molar-refractivity contribution in [3.63, 3.8) is 0 Å². The third kappa shape index (κ3) is 1.99. The molecule has 0 spiro atoms. The van der Waals surface area contributed by atoms with Gasteiger partial charge in [0.2, 0.25) is 0 Å². The molecule has 2 atom stereocenters. The van der Waals surface area contributed by atoms with Crippen molar-refractivity contribution in [1.29, 1.82) is 0 Å². The van der Waals surface area contributed by atoms with E-state index in [1.165, 1.54) is 45.4 Å². The quantitative estimate of drug-likeness (QED) is 0.664. The molecular weight excluding hydrogens is 148 g/mol. The van der Waals surface area contributed by atoms with Crippen molar-refractivity contribution in [2.75, 3.05) is 26.2 Å². The first-order chi connectivity index (χ1) is 5.84. The average molecular weight is 168 g/mol. The maximum absolute atomic E-state index is 3.47. The summed E-state index contributed by atoms with van der Waals surface area (Å²) in [5, 5.41) is 3.47. The van der Waals surface area contributed by atoms with Crippen LogP contribution in [0.1, 0.15) is 26.2 Å². The summed E-state index contributed by atoms with van der Waals surface area (Å²) in [6.45, 7) is 7.58. The van der Waals surface area contributed by atoms with E-state index >= 15 is 0 Å². The SMILES string of the molecule is CC1CCCN(CC2CCN2)C1. The van der Waals surface area contributed by atoms with Gasteiger partial charge in [-0.2, -0.15) is 0 Å². The first kappa shape index (κ1) is 8.52. The summed E-state index contributed by atoms with van der Waals surface area (Å²) < 4.78 is 0. The summed E-state index contributed by atoms with van der Waals surface area (Å²) in [5.74, 6) is 0.929. The third-order valence-electron chi connectivity index (χ3n) is 3.15. The molecule has 2 heteroatoms. The molecule has 2 aliphatic rings. The Bertz CT molecular complexity index is 143. The van der Waals surface area contributed by atoms with Gasteiger partial charge < -0.3 is 10.2 Å². The van der Waals surface area contributed by atoms with Crippen molar-refractivity contribution >= 4 is 0 Å². The third-order valence-corrected chi connectivity index (χ3v) is 3.15. The van der Waals surface area contributed by atoms with Gasteiger partial charge in [-0.05, 0) is 38.3 Å². The molecule has 2 rings (SSSR count). The summed E-state index contributed by atoms with van der Waals surface area (Å²) >= 11 is 0. The highest BCUT2D eigenvalue weighted by molar-refractivity contribution is 4.82. The highest BCUT2D eigenvalue weighted by atomic mass is 15.2. The van der Waals surface area contributed by atoms with Crippen LogP contribution in [0.2, 0.25) is 0 Å². The molecule has 2 saturated heterocycles. The Morgan fingerprint density at radius 1 is 1.42 bits per heavy atom. The van der Waals surface area contributed by atoms with Crippen LogP contribution in [0.5, 0.6) is 0 Å². The van der Waals surface area contributed by atoms with E-state index in [2.05, 4.69) is 17.1 Å². The molecule has 70 valence electrons. The molecule has 2 fully saturated rings. The zero-order valence-corrected chi connectivity index (χ0v) is 8.05. The topological polar surface area (TPSA) is 15.3 Å². The first-order valence-corrected chi connectivity index (χ1v) is 5.30. The van der Waals surface area contributed by atoms with Crippen LogP contribution in [0.3, 0.4) is 0 Å². The highest BCUT2D eigenvalue weighted by Crippen LogP contribution is 2.16. The highest BCUT2D eigenvalue weighted by Gasteiger charge is 2.22. The van der Waals surface area contributed by atoms with Gasteiger partial charge in [0.05, 0.1) is 0 Å². The van der Waals surface area contributed by atoms with Gasteiger partial charge >= 0.3 is 0 Å². The molecule has 0 saturated carbocycles. The van der Waals surface area contributed by atoms with Gasteiger partial charge in [0.15, 0.2) is 0 Å². The molecule has 0 aliphatic carbocycles. The smallest absolute Gasteiger partial charge is 0.0207 e. The normalized spacial score (nSPS) is 37.8. The standard InChI is InChI=1S/C10H20N2/c1-9-3-2-6-12(7-9)8-10-4-5-11-10/h9-11H,2-8H2,1H3. The molecular formula is C10H20N2. The van der Waals surface area contributed by atoms with E-state index in [0.717, 1.165) is 12.0 Å². The minimum Gasteiger partial charge on any atom is -0.313 e. The maximum Gasteiger partial charge on any atom is 0.0207 e. The van der Waals surface area contributed by atoms with Gasteiger partial charge in [-0.3, -0.25) is 0 Å². The van der Waals surface area contributed by atoms with Crippen LogP contribution in [0.15, 0.2) is 0 Å². The Balaban J connectivity index is 1.71. The van der Waals surface area contributed by atoms with E-state index in [0.29, 0.717) is 0 Å². The molecule has 2 nitrogen and oxygen atoms in total. The lowest BCUT2D eigenvalue weighted by Gasteiger charge is -2.37. The van der Waals surface area contributed by atoms with Crippen LogP contribution in [0, 0.1) is 5.92 Å². The second-order valence-electron chi connectivity index (χ2n) is 4.45. The fourth-order valence-corrected chi connectivity index (χ4v) is 2.27. The number of likely N-dealkylation sites (tertiary alicyclic amines) is 1. The van der Waals surface area contributed by atoms with Crippen molar-refractivity contribution < 1.29 is 0 Å². The van der Waals surface area contributed by atoms with Crippen LogP contribution in [-0.2, 0) is 0 Å². The second kappa shape index (κ2) is 3.75. The van der Waals surface area contributed by atoms with E-state index in [4.69, 9.17) is 0 Å². The van der Waals surface area contributed by atoms with Crippen molar-refractivity contribution in [2.24, 2.45) is 5.92 Å². The zero-order valence-electron chi connectivity index (χ0n) is 8.05. The molecule has 12 heavy (non-hydrogen) atoms. The number of hydrogen-bond donors (Lipinski definition) is 1. The van der Waals surface area contributed by atoms with E-state index in [9.17, 15) is 0 Å². The molecule has 0 aromatic heterocycles. The van der Waals surface area contributed by atoms with Crippen molar-refractivity contribution in [2.45, 2.75) is 32.2 Å². The number of nitrogens with zero attached hydrogens (tertiary/aromatic N) is 1. The molecule has 2 heterocycles. The Labute approximate surface area is 75.3 Å². The lowest BCUT2D eigenvalue weighted by Crippen LogP contribution is -2.51. The number of rotatable bonds is 2. The average Bonchev–Trinajstić information content (AvgIpc) is 1.97. The fourth-order valence-electron chi connectivity index (χ4n) is 2.27. The first-order valence-electron chi connectivity index (χ1n) is 5.30. The van der Waals surface area contributed by atoms with Crippen molar-refractivity contribution in [3.05, 3.63) is 0 Å². The molecule has 2 unspecified atom stereocenters. The zero-order chi connectivity index (χ0) is 8.39. The Hall–Kier alpha value is -0.0800. The number of piperidine rings is 1. The molecule has 0 aromatic rings. The van der Waals surface area contributed by atoms with Gasteiger partial charge in [0, 0.05) is 19.1 Å². The van der Waals surface area contributed by atoms with E-state index in [1.54, 1.807) is 0 Å². The Morgan fingerprint density at radius 2 is 2.25 bits per heavy atom. The summed E-state index contributed by atoms with van der Waals surface area (Å²) in [5.41, 5.74) is 0. The minimum absolute atomic E-state index is 0.815. The molecule has 1 N–H and O–H groups in total. The summed E-state index contributed by atoms with van der Waals surface area (Å²) in [6.07, 6.45) is 4.24. The molecule has 2 aliphatic heterocycles. The predicted molar refractivity (Wildman–Crippen MR) is 51.2 cm³/mol. The van der Waals surface area contributed by atoms with Crippen molar-refractivity contribution in [1.82, 2.24) is 10.2 Å². The van der Waals surface area contributed by atoms with Gasteiger partial charge in [-0.15, -0.1) is 0 Å². The largest absolute Gasteiger partial charge is 0.313 e. The summed E-state index contributed by atoms with van der Waals surface area (Å²) in [4.78, 5) is 2.63. The van der Waals surface area contributed by atoms with Crippen LogP contribution in [0.25, 0.3) is 0 Å². The van der Waals surface area contributed by atoms with Gasteiger partial charge in [0.1, 0.15) is 0 Å². The Morgan fingerprint density at radius 3 is 2.83 bits per heavy atom. The predicted octanol–water partition coefficient (Wildman–Crippen LogP) is 1.08. The van der Waals surface area contributed by atoms with Gasteiger partial charge in [-0.1, -0.05) is 6.92 Å². The van der Waals surface area contributed by atoms with E-state index in [-0.39, 0.29) is 0 Å². The minimum atomic E-state index is 0.815. The van der Waals surface area contributed by atoms with Crippen LogP contribution in [-0.4, -0.2) is 37.1 Å². The summed E-state index contributed by atoms with van der Waals surface area (Å²) in [6, 6.07) is 0.815. The lowest BCUT2D eigenvalue weighted by molar-refractivity contribution is 0.149. The van der Waals surface area contributed by atoms with Crippen molar-refractivity contribution in [3.8, 4) is 0 Å². The lowest BCUT2D eigenvalue weighted by atomic mass is 9.98. The number of hydrogen-bond acceptors (Lipinski definition) is 2. The summed E-state index contributed by atoms with van der Waals surface area (Å²) in [7, 11) is 0. The molecule has 0 amide bonds. The second-order valence-corrected chi connectivity index (χ2v) is 4.45. The molecule has 0 bridgehead atoms. The van der Waals surface area contributed by atoms with Crippen LogP contribution >= 0.6 is 0 Å². The fraction of sp³-hybridized carbons (Fsp3) is 1.00. The number of nitrogens with one attached hydrogen (secondary N) is 1. The Kier molecular flexibility index (Phi) is 2.66. The van der Waals surface area contributed by atoms with E-state index < -0.39 is 0 Å². The molecule has 0 aromatic carbocycles. The van der Waals surface area contributed by atoms with Crippen LogP contribution < -0.4 is 5.32 Å². The van der Waals surface area contributed by atoms with Gasteiger partial charge in [0.25, 0.3) is 0 Å². The van der Waals surface area contributed by atoms with Gasteiger partial charge in [-0.25, -0.2) is 0 Å². The maximum atomic E-state index is 3.47. The van der Waals surface area contributed by atoms with E-state index in [1.807, 2.05) is 0 Å². The monoisotopic (exact) mass is 168 g/mol. The molecule has 0 radical (unpaired) electrons.